The van der Waals surface area contributed by atoms with Crippen LogP contribution in [0.4, 0.5) is 4.39 Å². The van der Waals surface area contributed by atoms with Crippen LogP contribution in [0.15, 0.2) is 24.3 Å². The van der Waals surface area contributed by atoms with Crippen molar-refractivity contribution in [3.05, 3.63) is 35.6 Å². The van der Waals surface area contributed by atoms with Crippen molar-refractivity contribution in [3.63, 3.8) is 0 Å². The summed E-state index contributed by atoms with van der Waals surface area (Å²) in [6.07, 6.45) is 0.756. The van der Waals surface area contributed by atoms with E-state index in [2.05, 4.69) is 5.32 Å². The van der Waals surface area contributed by atoms with E-state index >= 15 is 0 Å². The van der Waals surface area contributed by atoms with Crippen LogP contribution in [-0.4, -0.2) is 50.3 Å². The molecule has 1 aromatic carbocycles. The number of hydrogen-bond acceptors (Lipinski definition) is 3. The van der Waals surface area contributed by atoms with Gasteiger partial charge in [-0.25, -0.2) is 4.39 Å². The van der Waals surface area contributed by atoms with E-state index in [9.17, 15) is 12.8 Å². The SMILES string of the molecule is CCCN(C)S(=O)(=O)N1CCNCC1c1cccc(F)c1.Cl. The second kappa shape index (κ2) is 8.21. The van der Waals surface area contributed by atoms with Gasteiger partial charge in [0.1, 0.15) is 5.82 Å². The highest BCUT2D eigenvalue weighted by Crippen LogP contribution is 2.26. The van der Waals surface area contributed by atoms with Gasteiger partial charge in [-0.2, -0.15) is 17.0 Å². The molecule has 1 N–H and O–H groups in total. The van der Waals surface area contributed by atoms with E-state index in [0.717, 1.165) is 6.42 Å². The number of piperazine rings is 1. The highest BCUT2D eigenvalue weighted by molar-refractivity contribution is 7.86. The molecule has 0 spiro atoms. The molecule has 1 aliphatic rings. The first-order valence-corrected chi connectivity index (χ1v) is 8.55. The minimum absolute atomic E-state index is 0. The molecule has 1 unspecified atom stereocenters. The molecule has 0 radical (unpaired) electrons. The fraction of sp³-hybridized carbons (Fsp3) is 0.571. The van der Waals surface area contributed by atoms with Crippen molar-refractivity contribution in [2.24, 2.45) is 0 Å². The number of benzene rings is 1. The van der Waals surface area contributed by atoms with Gasteiger partial charge in [-0.15, -0.1) is 12.4 Å². The maximum atomic E-state index is 13.4. The molecule has 126 valence electrons. The zero-order valence-corrected chi connectivity index (χ0v) is 14.5. The summed E-state index contributed by atoms with van der Waals surface area (Å²) >= 11 is 0. The monoisotopic (exact) mass is 351 g/mol. The minimum Gasteiger partial charge on any atom is -0.313 e. The predicted octanol–water partition coefficient (Wildman–Crippen LogP) is 1.78. The molecule has 0 saturated carbocycles. The Morgan fingerprint density at radius 1 is 1.45 bits per heavy atom. The molecular formula is C14H23ClFN3O2S. The van der Waals surface area contributed by atoms with Gasteiger partial charge in [-0.05, 0) is 24.1 Å². The summed E-state index contributed by atoms with van der Waals surface area (Å²) in [6, 6.07) is 5.77. The molecule has 1 aliphatic heterocycles. The molecule has 22 heavy (non-hydrogen) atoms. The standard InChI is InChI=1S/C14H22FN3O2S.ClH/c1-3-8-17(2)21(19,20)18-9-7-16-11-14(18)12-5-4-6-13(15)10-12;/h4-6,10,14,16H,3,7-9,11H2,1-2H3;1H. The van der Waals surface area contributed by atoms with Crippen molar-refractivity contribution >= 4 is 22.6 Å². The highest BCUT2D eigenvalue weighted by atomic mass is 35.5. The Hall–Kier alpha value is -0.730. The van der Waals surface area contributed by atoms with Crippen LogP contribution in [0, 0.1) is 5.82 Å². The molecule has 0 aromatic heterocycles. The summed E-state index contributed by atoms with van der Waals surface area (Å²) in [5.41, 5.74) is 0.677. The number of rotatable bonds is 5. The average molecular weight is 352 g/mol. The van der Waals surface area contributed by atoms with Gasteiger partial charge in [0, 0.05) is 33.2 Å². The van der Waals surface area contributed by atoms with Crippen molar-refractivity contribution in [3.8, 4) is 0 Å². The lowest BCUT2D eigenvalue weighted by Gasteiger charge is -2.37. The molecule has 1 aromatic rings. The molecule has 5 nitrogen and oxygen atoms in total. The predicted molar refractivity (Wildman–Crippen MR) is 87.8 cm³/mol. The molecular weight excluding hydrogens is 329 g/mol. The summed E-state index contributed by atoms with van der Waals surface area (Å²) in [5.74, 6) is -0.350. The fourth-order valence-electron chi connectivity index (χ4n) is 2.57. The zero-order valence-electron chi connectivity index (χ0n) is 12.8. The van der Waals surface area contributed by atoms with Crippen LogP contribution in [0.5, 0.6) is 0 Å². The average Bonchev–Trinajstić information content (AvgIpc) is 2.47. The summed E-state index contributed by atoms with van der Waals surface area (Å²) in [5, 5.41) is 3.18. The smallest absolute Gasteiger partial charge is 0.282 e. The first-order valence-electron chi connectivity index (χ1n) is 7.16. The lowest BCUT2D eigenvalue weighted by molar-refractivity contribution is 0.252. The lowest BCUT2D eigenvalue weighted by atomic mass is 10.1. The maximum absolute atomic E-state index is 13.4. The molecule has 8 heteroatoms. The van der Waals surface area contributed by atoms with Crippen molar-refractivity contribution in [2.45, 2.75) is 19.4 Å². The first kappa shape index (κ1) is 19.3. The van der Waals surface area contributed by atoms with Crippen molar-refractivity contribution in [1.82, 2.24) is 13.9 Å². The molecule has 2 rings (SSSR count). The van der Waals surface area contributed by atoms with Crippen LogP contribution in [0.2, 0.25) is 0 Å². The normalized spacial score (nSPS) is 19.9. The van der Waals surface area contributed by atoms with E-state index < -0.39 is 10.2 Å². The Labute approximate surface area is 138 Å². The molecule has 1 atom stereocenters. The van der Waals surface area contributed by atoms with Crippen molar-refractivity contribution in [1.29, 1.82) is 0 Å². The van der Waals surface area contributed by atoms with Gasteiger partial charge in [0.05, 0.1) is 6.04 Å². The molecule has 0 bridgehead atoms. The lowest BCUT2D eigenvalue weighted by Crippen LogP contribution is -2.52. The van der Waals surface area contributed by atoms with E-state index in [4.69, 9.17) is 0 Å². The maximum Gasteiger partial charge on any atom is 0.282 e. The van der Waals surface area contributed by atoms with Crippen LogP contribution < -0.4 is 5.32 Å². The van der Waals surface area contributed by atoms with Gasteiger partial charge >= 0.3 is 0 Å². The third-order valence-electron chi connectivity index (χ3n) is 3.66. The quantitative estimate of drug-likeness (QED) is 0.879. The van der Waals surface area contributed by atoms with Gasteiger partial charge in [0.25, 0.3) is 10.2 Å². The molecule has 1 saturated heterocycles. The third kappa shape index (κ3) is 4.17. The Morgan fingerprint density at radius 2 is 2.18 bits per heavy atom. The largest absolute Gasteiger partial charge is 0.313 e. The van der Waals surface area contributed by atoms with Crippen LogP contribution in [-0.2, 0) is 10.2 Å². The van der Waals surface area contributed by atoms with Gasteiger partial charge < -0.3 is 5.32 Å². The summed E-state index contributed by atoms with van der Waals surface area (Å²) in [7, 11) is -1.94. The van der Waals surface area contributed by atoms with Crippen molar-refractivity contribution in [2.75, 3.05) is 33.2 Å². The molecule has 1 heterocycles. The number of hydrogen-bond donors (Lipinski definition) is 1. The number of nitrogens with one attached hydrogen (secondary N) is 1. The minimum atomic E-state index is -3.53. The van der Waals surface area contributed by atoms with Crippen LogP contribution in [0.3, 0.4) is 0 Å². The number of nitrogens with zero attached hydrogens (tertiary/aromatic N) is 2. The Kier molecular flexibility index (Phi) is 7.21. The fourth-order valence-corrected chi connectivity index (χ4v) is 4.18. The van der Waals surface area contributed by atoms with E-state index in [1.165, 1.54) is 20.7 Å². The number of halogens is 2. The van der Waals surface area contributed by atoms with Crippen molar-refractivity contribution < 1.29 is 12.8 Å². The van der Waals surface area contributed by atoms with Crippen LogP contribution >= 0.6 is 12.4 Å². The Morgan fingerprint density at radius 3 is 2.82 bits per heavy atom. The van der Waals surface area contributed by atoms with Gasteiger partial charge in [-0.3, -0.25) is 0 Å². The van der Waals surface area contributed by atoms with Crippen LogP contribution in [0.1, 0.15) is 24.9 Å². The summed E-state index contributed by atoms with van der Waals surface area (Å²) in [6.45, 7) is 3.89. The van der Waals surface area contributed by atoms with Gasteiger partial charge in [0.15, 0.2) is 0 Å². The topological polar surface area (TPSA) is 52.7 Å². The van der Waals surface area contributed by atoms with E-state index in [-0.39, 0.29) is 24.3 Å². The van der Waals surface area contributed by atoms with Gasteiger partial charge in [0.2, 0.25) is 0 Å². The molecule has 0 amide bonds. The third-order valence-corrected chi connectivity index (χ3v) is 5.66. The van der Waals surface area contributed by atoms with Gasteiger partial charge in [-0.1, -0.05) is 19.1 Å². The Bertz CT molecular complexity index is 585. The van der Waals surface area contributed by atoms with Crippen LogP contribution in [0.25, 0.3) is 0 Å². The zero-order chi connectivity index (χ0) is 15.5. The first-order chi connectivity index (χ1) is 9.96. The second-order valence-electron chi connectivity index (χ2n) is 5.21. The van der Waals surface area contributed by atoms with E-state index in [1.807, 2.05) is 6.92 Å². The molecule has 0 aliphatic carbocycles. The molecule has 1 fully saturated rings. The second-order valence-corrected chi connectivity index (χ2v) is 7.20. The van der Waals surface area contributed by atoms with E-state index in [0.29, 0.717) is 31.7 Å². The summed E-state index contributed by atoms with van der Waals surface area (Å²) < 4.78 is 41.6. The highest BCUT2D eigenvalue weighted by Gasteiger charge is 2.35. The van der Waals surface area contributed by atoms with E-state index in [1.54, 1.807) is 19.2 Å². The summed E-state index contributed by atoms with van der Waals surface area (Å²) in [4.78, 5) is 0. The Balaban J connectivity index is 0.00000242.